The summed E-state index contributed by atoms with van der Waals surface area (Å²) >= 11 is 0. The number of methoxy groups -OCH3 is 2. The van der Waals surface area contributed by atoms with E-state index in [0.29, 0.717) is 17.1 Å². The molecule has 9 heteroatoms. The Hall–Kier alpha value is -4.01. The van der Waals surface area contributed by atoms with Crippen LogP contribution >= 0.6 is 0 Å². The zero-order chi connectivity index (χ0) is 24.5. The third-order valence-corrected chi connectivity index (χ3v) is 6.74. The number of aromatic nitrogens is 1. The van der Waals surface area contributed by atoms with E-state index in [2.05, 4.69) is 21.7 Å². The molecule has 1 aliphatic heterocycles. The number of benzene rings is 2. The number of hydrogen-bond donors (Lipinski definition) is 3. The first kappa shape index (κ1) is 22.8. The number of aromatic amines is 1. The van der Waals surface area contributed by atoms with Crippen molar-refractivity contribution in [2.24, 2.45) is 0 Å². The van der Waals surface area contributed by atoms with Crippen LogP contribution in [0.3, 0.4) is 0 Å². The van der Waals surface area contributed by atoms with Gasteiger partial charge in [-0.15, -0.1) is 0 Å². The molecule has 0 unspecified atom stereocenters. The van der Waals surface area contributed by atoms with E-state index in [9.17, 15) is 14.4 Å². The second kappa shape index (κ2) is 9.32. The van der Waals surface area contributed by atoms with Crippen molar-refractivity contribution >= 4 is 28.7 Å². The molecule has 0 saturated carbocycles. The molecule has 3 aromatic rings. The summed E-state index contributed by atoms with van der Waals surface area (Å²) in [6, 6.07) is 11.8. The van der Waals surface area contributed by atoms with Crippen LogP contribution < -0.4 is 20.1 Å². The van der Waals surface area contributed by atoms with Gasteiger partial charge in [0.15, 0.2) is 11.5 Å². The van der Waals surface area contributed by atoms with Gasteiger partial charge in [0.25, 0.3) is 5.91 Å². The maximum Gasteiger partial charge on any atom is 0.325 e. The van der Waals surface area contributed by atoms with Crippen LogP contribution in [0.25, 0.3) is 10.9 Å². The van der Waals surface area contributed by atoms with Crippen molar-refractivity contribution in [3.63, 3.8) is 0 Å². The molecule has 4 amide bonds. The highest BCUT2D eigenvalue weighted by atomic mass is 16.5. The number of carbonyl (C=O) groups excluding carboxylic acids is 3. The molecule has 2 atom stereocenters. The monoisotopic (exact) mass is 476 g/mol. The minimum absolute atomic E-state index is 0.0736. The number of H-pyrrole nitrogens is 1. The van der Waals surface area contributed by atoms with E-state index < -0.39 is 18.0 Å². The minimum Gasteiger partial charge on any atom is -0.493 e. The molecule has 9 nitrogen and oxygen atoms in total. The third kappa shape index (κ3) is 4.29. The fourth-order valence-corrected chi connectivity index (χ4v) is 5.02. The highest BCUT2D eigenvalue weighted by Gasteiger charge is 2.39. The van der Waals surface area contributed by atoms with Gasteiger partial charge in [0.1, 0.15) is 6.04 Å². The van der Waals surface area contributed by atoms with E-state index in [0.717, 1.165) is 35.4 Å². The Morgan fingerprint density at radius 3 is 2.71 bits per heavy atom. The summed E-state index contributed by atoms with van der Waals surface area (Å²) in [6.07, 6.45) is 2.65. The number of ether oxygens (including phenoxy) is 2. The number of nitrogens with one attached hydrogen (secondary N) is 3. The highest BCUT2D eigenvalue weighted by molar-refractivity contribution is 6.05. The normalized spacial score (nSPS) is 19.4. The van der Waals surface area contributed by atoms with E-state index in [-0.39, 0.29) is 24.9 Å². The van der Waals surface area contributed by atoms with Crippen LogP contribution in [0.1, 0.15) is 42.1 Å². The number of fused-ring (bicyclic) bond motifs is 3. The topological polar surface area (TPSA) is 113 Å². The van der Waals surface area contributed by atoms with Crippen molar-refractivity contribution in [2.75, 3.05) is 14.2 Å². The number of aryl methyl sites for hydroxylation is 1. The number of hydrogen-bond acceptors (Lipinski definition) is 5. The Bertz CT molecular complexity index is 1300. The lowest BCUT2D eigenvalue weighted by atomic mass is 9.91. The fraction of sp³-hybridized carbons (Fsp3) is 0.346. The van der Waals surface area contributed by atoms with E-state index in [1.807, 2.05) is 18.2 Å². The van der Waals surface area contributed by atoms with E-state index in [1.54, 1.807) is 18.2 Å². The first-order valence-corrected chi connectivity index (χ1v) is 11.7. The molecule has 35 heavy (non-hydrogen) atoms. The zero-order valence-corrected chi connectivity index (χ0v) is 19.7. The molecule has 1 aromatic heterocycles. The lowest BCUT2D eigenvalue weighted by Crippen LogP contribution is -2.38. The number of nitrogens with zero attached hydrogens (tertiary/aromatic N) is 1. The van der Waals surface area contributed by atoms with E-state index in [1.165, 1.54) is 25.2 Å². The van der Waals surface area contributed by atoms with E-state index in [4.69, 9.17) is 9.47 Å². The standard InChI is InChI=1S/C26H28N4O5/c1-34-21-11-10-15(12-22(21)35-2)14-30-25(32)20(29-26(30)33)13-23(31)27-19-9-5-7-17-16-6-3-4-8-18(16)28-24(17)19/h3-4,6,8,10-12,19-20,28H,5,7,9,13-14H2,1-2H3,(H,27,31)(H,29,33)/t19-,20+/m0/s1. The second-order valence-corrected chi connectivity index (χ2v) is 8.90. The summed E-state index contributed by atoms with van der Waals surface area (Å²) in [5.74, 6) is 0.378. The van der Waals surface area contributed by atoms with Gasteiger partial charge in [-0.2, -0.15) is 0 Å². The maximum absolute atomic E-state index is 12.9. The molecule has 2 aliphatic rings. The first-order chi connectivity index (χ1) is 17.0. The molecule has 0 spiro atoms. The van der Waals surface area contributed by atoms with Crippen LogP contribution in [0.4, 0.5) is 4.79 Å². The number of amides is 4. The fourth-order valence-electron chi connectivity index (χ4n) is 5.02. The van der Waals surface area contributed by atoms with Gasteiger partial charge in [0, 0.05) is 16.6 Å². The van der Waals surface area contributed by atoms with Gasteiger partial charge in [-0.3, -0.25) is 14.5 Å². The van der Waals surface area contributed by atoms with Crippen LogP contribution in [0.2, 0.25) is 0 Å². The van der Waals surface area contributed by atoms with Crippen LogP contribution in [-0.4, -0.2) is 48.0 Å². The SMILES string of the molecule is COc1ccc(CN2C(=O)N[C@H](CC(=O)N[C@H]3CCCc4c3[nH]c3ccccc43)C2=O)cc1OC. The molecule has 0 radical (unpaired) electrons. The quantitative estimate of drug-likeness (QED) is 0.454. The van der Waals surface area contributed by atoms with E-state index >= 15 is 0 Å². The van der Waals surface area contributed by atoms with Crippen molar-refractivity contribution in [3.8, 4) is 11.5 Å². The molecule has 5 rings (SSSR count). The van der Waals surface area contributed by atoms with Gasteiger partial charge in [-0.1, -0.05) is 24.3 Å². The van der Waals surface area contributed by atoms with Crippen LogP contribution in [0, 0.1) is 0 Å². The lowest BCUT2D eigenvalue weighted by molar-refractivity contribution is -0.131. The van der Waals surface area contributed by atoms with Gasteiger partial charge >= 0.3 is 6.03 Å². The van der Waals surface area contributed by atoms with Crippen LogP contribution in [-0.2, 0) is 22.6 Å². The Morgan fingerprint density at radius 2 is 1.91 bits per heavy atom. The zero-order valence-electron chi connectivity index (χ0n) is 19.7. The summed E-state index contributed by atoms with van der Waals surface area (Å²) in [7, 11) is 3.06. The van der Waals surface area contributed by atoms with Crippen molar-refractivity contribution in [2.45, 2.75) is 44.3 Å². The molecule has 3 N–H and O–H groups in total. The Labute approximate surface area is 202 Å². The average molecular weight is 477 g/mol. The Morgan fingerprint density at radius 1 is 1.11 bits per heavy atom. The minimum atomic E-state index is -0.895. The molecular weight excluding hydrogens is 448 g/mol. The molecular formula is C26H28N4O5. The van der Waals surface area contributed by atoms with Gasteiger partial charge in [0.2, 0.25) is 5.91 Å². The molecule has 1 aliphatic carbocycles. The predicted octanol–water partition coefficient (Wildman–Crippen LogP) is 3.19. The van der Waals surface area contributed by atoms with Crippen molar-refractivity contribution < 1.29 is 23.9 Å². The van der Waals surface area contributed by atoms with Crippen molar-refractivity contribution in [1.82, 2.24) is 20.5 Å². The largest absolute Gasteiger partial charge is 0.493 e. The summed E-state index contributed by atoms with van der Waals surface area (Å²) < 4.78 is 10.5. The number of para-hydroxylation sites is 1. The van der Waals surface area contributed by atoms with Gasteiger partial charge in [-0.05, 0) is 48.6 Å². The number of urea groups is 1. The average Bonchev–Trinajstić information content (AvgIpc) is 3.37. The van der Waals surface area contributed by atoms with Crippen molar-refractivity contribution in [3.05, 3.63) is 59.3 Å². The molecule has 1 fully saturated rings. The van der Waals surface area contributed by atoms with Gasteiger partial charge < -0.3 is 25.1 Å². The highest BCUT2D eigenvalue weighted by Crippen LogP contribution is 2.35. The van der Waals surface area contributed by atoms with Gasteiger partial charge in [-0.25, -0.2) is 4.79 Å². The number of carbonyl (C=O) groups is 3. The lowest BCUT2D eigenvalue weighted by Gasteiger charge is -2.24. The van der Waals surface area contributed by atoms with Crippen LogP contribution in [0.15, 0.2) is 42.5 Å². The Kier molecular flexibility index (Phi) is 6.07. The molecule has 2 heterocycles. The van der Waals surface area contributed by atoms with Gasteiger partial charge in [0.05, 0.1) is 33.2 Å². The first-order valence-electron chi connectivity index (χ1n) is 11.7. The molecule has 0 bridgehead atoms. The molecule has 1 saturated heterocycles. The summed E-state index contributed by atoms with van der Waals surface area (Å²) in [4.78, 5) is 42.9. The molecule has 2 aromatic carbocycles. The second-order valence-electron chi connectivity index (χ2n) is 8.90. The predicted molar refractivity (Wildman–Crippen MR) is 129 cm³/mol. The van der Waals surface area contributed by atoms with Crippen molar-refractivity contribution in [1.29, 1.82) is 0 Å². The smallest absolute Gasteiger partial charge is 0.325 e. The number of rotatable bonds is 7. The maximum atomic E-state index is 12.9. The summed E-state index contributed by atoms with van der Waals surface area (Å²) in [5.41, 5.74) is 4.04. The Balaban J connectivity index is 1.24. The number of imide groups is 1. The summed E-state index contributed by atoms with van der Waals surface area (Å²) in [5, 5.41) is 6.90. The van der Waals surface area contributed by atoms with Crippen LogP contribution in [0.5, 0.6) is 11.5 Å². The summed E-state index contributed by atoms with van der Waals surface area (Å²) in [6.45, 7) is 0.0736. The third-order valence-electron chi connectivity index (χ3n) is 6.74. The molecule has 182 valence electrons.